The van der Waals surface area contributed by atoms with Gasteiger partial charge in [0.1, 0.15) is 0 Å². The minimum absolute atomic E-state index is 0.422. The van der Waals surface area contributed by atoms with E-state index in [2.05, 4.69) is 4.74 Å². The Morgan fingerprint density at radius 1 is 1.58 bits per heavy atom. The number of carbonyl (C=O) groups is 1. The normalized spacial score (nSPS) is 14.3. The van der Waals surface area contributed by atoms with Crippen LogP contribution in [0.5, 0.6) is 0 Å². The second kappa shape index (κ2) is 4.30. The summed E-state index contributed by atoms with van der Waals surface area (Å²) >= 11 is 0. The van der Waals surface area contributed by atoms with E-state index in [4.69, 9.17) is 5.11 Å². The van der Waals surface area contributed by atoms with Gasteiger partial charge in [-0.25, -0.2) is 0 Å². The fourth-order valence-electron chi connectivity index (χ4n) is 0.698. The summed E-state index contributed by atoms with van der Waals surface area (Å²) in [6.45, 7) is -0.422. The maximum absolute atomic E-state index is 11.7. The molecule has 3 nitrogen and oxygen atoms in total. The van der Waals surface area contributed by atoms with Gasteiger partial charge in [-0.3, -0.25) is 4.79 Å². The van der Waals surface area contributed by atoms with E-state index in [-0.39, 0.29) is 0 Å². The zero-order valence-electron chi connectivity index (χ0n) is 6.39. The molecule has 1 atom stereocenters. The van der Waals surface area contributed by atoms with Gasteiger partial charge in [-0.05, 0) is 0 Å². The van der Waals surface area contributed by atoms with Crippen molar-refractivity contribution in [1.29, 1.82) is 0 Å². The van der Waals surface area contributed by atoms with E-state index in [0.717, 1.165) is 7.11 Å². The smallest absolute Gasteiger partial charge is 0.390 e. The molecule has 0 spiro atoms. The molecule has 0 radical (unpaired) electrons. The van der Waals surface area contributed by atoms with Crippen LogP contribution in [0.2, 0.25) is 0 Å². The first-order valence-corrected chi connectivity index (χ1v) is 3.15. The molecule has 0 unspecified atom stereocenters. The molecule has 0 aliphatic heterocycles. The second-order valence-electron chi connectivity index (χ2n) is 2.31. The van der Waals surface area contributed by atoms with Crippen LogP contribution < -0.4 is 0 Å². The summed E-state index contributed by atoms with van der Waals surface area (Å²) in [5.41, 5.74) is 0. The van der Waals surface area contributed by atoms with Crippen molar-refractivity contribution in [2.45, 2.75) is 12.6 Å². The van der Waals surface area contributed by atoms with E-state index in [9.17, 15) is 18.0 Å². The van der Waals surface area contributed by atoms with Gasteiger partial charge in [-0.15, -0.1) is 0 Å². The lowest BCUT2D eigenvalue weighted by molar-refractivity contribution is -0.167. The van der Waals surface area contributed by atoms with Crippen molar-refractivity contribution in [2.75, 3.05) is 13.7 Å². The molecule has 0 aromatic rings. The molecule has 72 valence electrons. The van der Waals surface area contributed by atoms with Crippen LogP contribution in [0.3, 0.4) is 0 Å². The van der Waals surface area contributed by atoms with Crippen LogP contribution >= 0.6 is 0 Å². The lowest BCUT2D eigenvalue weighted by Gasteiger charge is -2.12. The molecular weight excluding hydrogens is 177 g/mol. The summed E-state index contributed by atoms with van der Waals surface area (Å²) in [5, 5.41) is 8.29. The standard InChI is InChI=1S/C6H9F3O3/c1-12-3-4(5(10)11)2-6(7,8)9/h4H,2-3H2,1H3,(H,10,11)/t4-/m0/s1. The zero-order chi connectivity index (χ0) is 9.78. The molecule has 0 fully saturated rings. The number of aliphatic carboxylic acids is 1. The third-order valence-electron chi connectivity index (χ3n) is 1.19. The van der Waals surface area contributed by atoms with E-state index < -0.39 is 31.1 Å². The second-order valence-corrected chi connectivity index (χ2v) is 2.31. The highest BCUT2D eigenvalue weighted by atomic mass is 19.4. The Labute approximate surface area is 67.1 Å². The minimum Gasteiger partial charge on any atom is -0.481 e. The maximum atomic E-state index is 11.7. The molecule has 0 saturated heterocycles. The molecule has 0 aromatic heterocycles. The summed E-state index contributed by atoms with van der Waals surface area (Å²) in [4.78, 5) is 10.2. The number of ether oxygens (including phenoxy) is 1. The molecule has 0 aliphatic carbocycles. The molecule has 0 amide bonds. The van der Waals surface area contributed by atoms with Crippen LogP contribution in [-0.2, 0) is 9.53 Å². The summed E-state index contributed by atoms with van der Waals surface area (Å²) in [7, 11) is 1.16. The molecule has 0 aliphatic rings. The van der Waals surface area contributed by atoms with Gasteiger partial charge in [0.15, 0.2) is 0 Å². The minimum atomic E-state index is -4.46. The molecule has 1 N–H and O–H groups in total. The van der Waals surface area contributed by atoms with Gasteiger partial charge in [0, 0.05) is 7.11 Å². The molecule has 0 rings (SSSR count). The Bertz CT molecular complexity index is 155. The number of hydrogen-bond acceptors (Lipinski definition) is 2. The highest BCUT2D eigenvalue weighted by molar-refractivity contribution is 5.70. The van der Waals surface area contributed by atoms with Crippen LogP contribution in [-0.4, -0.2) is 31.0 Å². The molecular formula is C6H9F3O3. The van der Waals surface area contributed by atoms with Crippen molar-refractivity contribution in [1.82, 2.24) is 0 Å². The quantitative estimate of drug-likeness (QED) is 0.719. The fourth-order valence-corrected chi connectivity index (χ4v) is 0.698. The van der Waals surface area contributed by atoms with Crippen LogP contribution in [0, 0.1) is 5.92 Å². The summed E-state index contributed by atoms with van der Waals surface area (Å²) in [5.74, 6) is -3.00. The average molecular weight is 186 g/mol. The summed E-state index contributed by atoms with van der Waals surface area (Å²) < 4.78 is 39.3. The monoisotopic (exact) mass is 186 g/mol. The highest BCUT2D eigenvalue weighted by Gasteiger charge is 2.35. The topological polar surface area (TPSA) is 46.5 Å². The number of carboxylic acid groups (broad SMARTS) is 1. The first-order valence-electron chi connectivity index (χ1n) is 3.15. The maximum Gasteiger partial charge on any atom is 0.390 e. The first kappa shape index (κ1) is 11.2. The summed E-state index contributed by atoms with van der Waals surface area (Å²) in [6, 6.07) is 0. The van der Waals surface area contributed by atoms with E-state index in [1.807, 2.05) is 0 Å². The van der Waals surface area contributed by atoms with Crippen LogP contribution in [0.1, 0.15) is 6.42 Å². The zero-order valence-corrected chi connectivity index (χ0v) is 6.39. The number of alkyl halides is 3. The van der Waals surface area contributed by atoms with Gasteiger partial charge in [0.2, 0.25) is 0 Å². The van der Waals surface area contributed by atoms with Crippen molar-refractivity contribution in [3.63, 3.8) is 0 Å². The molecule has 6 heteroatoms. The summed E-state index contributed by atoms with van der Waals surface area (Å²) in [6.07, 6.45) is -5.81. The predicted molar refractivity (Wildman–Crippen MR) is 33.7 cm³/mol. The van der Waals surface area contributed by atoms with Crippen molar-refractivity contribution in [3.05, 3.63) is 0 Å². The van der Waals surface area contributed by atoms with E-state index >= 15 is 0 Å². The Kier molecular flexibility index (Phi) is 4.02. The highest BCUT2D eigenvalue weighted by Crippen LogP contribution is 2.24. The number of methoxy groups -OCH3 is 1. The van der Waals surface area contributed by atoms with Gasteiger partial charge >= 0.3 is 12.1 Å². The van der Waals surface area contributed by atoms with Crippen LogP contribution in [0.4, 0.5) is 13.2 Å². The molecule has 0 aromatic carbocycles. The molecule has 12 heavy (non-hydrogen) atoms. The van der Waals surface area contributed by atoms with Crippen LogP contribution in [0.25, 0.3) is 0 Å². The third kappa shape index (κ3) is 4.95. The first-order chi connectivity index (χ1) is 5.37. The largest absolute Gasteiger partial charge is 0.481 e. The lowest BCUT2D eigenvalue weighted by atomic mass is 10.1. The molecule has 0 bridgehead atoms. The number of hydrogen-bond donors (Lipinski definition) is 1. The number of halogens is 3. The predicted octanol–water partition coefficient (Wildman–Crippen LogP) is 1.29. The molecule has 0 heterocycles. The van der Waals surface area contributed by atoms with Crippen molar-refractivity contribution in [2.24, 2.45) is 5.92 Å². The Morgan fingerprint density at radius 2 is 2.08 bits per heavy atom. The van der Waals surface area contributed by atoms with Gasteiger partial charge in [-0.2, -0.15) is 13.2 Å². The number of rotatable bonds is 4. The lowest BCUT2D eigenvalue weighted by Crippen LogP contribution is -2.25. The van der Waals surface area contributed by atoms with Crippen molar-refractivity contribution < 1.29 is 27.8 Å². The van der Waals surface area contributed by atoms with Crippen LogP contribution in [0.15, 0.2) is 0 Å². The van der Waals surface area contributed by atoms with Crippen molar-refractivity contribution in [3.8, 4) is 0 Å². The Morgan fingerprint density at radius 3 is 2.33 bits per heavy atom. The van der Waals surface area contributed by atoms with E-state index in [1.54, 1.807) is 0 Å². The fraction of sp³-hybridized carbons (Fsp3) is 0.833. The Hall–Kier alpha value is -0.780. The molecule has 0 saturated carbocycles. The third-order valence-corrected chi connectivity index (χ3v) is 1.19. The average Bonchev–Trinajstić information content (AvgIpc) is 1.83. The van der Waals surface area contributed by atoms with E-state index in [0.29, 0.717) is 0 Å². The Balaban J connectivity index is 4.05. The van der Waals surface area contributed by atoms with Crippen molar-refractivity contribution >= 4 is 5.97 Å². The van der Waals surface area contributed by atoms with Gasteiger partial charge < -0.3 is 9.84 Å². The van der Waals surface area contributed by atoms with Gasteiger partial charge in [0.25, 0.3) is 0 Å². The SMILES string of the molecule is COC[C@H](CC(F)(F)F)C(=O)O. The van der Waals surface area contributed by atoms with Gasteiger partial charge in [-0.1, -0.05) is 0 Å². The van der Waals surface area contributed by atoms with E-state index in [1.165, 1.54) is 0 Å². The van der Waals surface area contributed by atoms with Gasteiger partial charge in [0.05, 0.1) is 18.9 Å². The number of carboxylic acids is 1.